The second-order valence-electron chi connectivity index (χ2n) is 5.59. The lowest BCUT2D eigenvalue weighted by Gasteiger charge is -2.19. The Morgan fingerprint density at radius 2 is 2.35 bits per heavy atom. The van der Waals surface area contributed by atoms with Gasteiger partial charge in [-0.1, -0.05) is 31.9 Å². The van der Waals surface area contributed by atoms with E-state index in [1.165, 1.54) is 32.2 Å². The molecule has 0 saturated carbocycles. The lowest BCUT2D eigenvalue weighted by Crippen LogP contribution is -2.30. The van der Waals surface area contributed by atoms with Crippen molar-refractivity contribution in [2.75, 3.05) is 20.2 Å². The van der Waals surface area contributed by atoms with Crippen LogP contribution in [0.15, 0.2) is 24.5 Å². The molecule has 2 rings (SSSR count). The van der Waals surface area contributed by atoms with Crippen LogP contribution in [0, 0.1) is 0 Å². The molecule has 1 aliphatic heterocycles. The highest BCUT2D eigenvalue weighted by molar-refractivity contribution is 5.49. The number of aromatic nitrogens is 1. The maximum Gasteiger partial charge on any atom is 0.138 e. The number of pyridine rings is 1. The molecule has 1 aromatic heterocycles. The molecule has 3 heteroatoms. The van der Waals surface area contributed by atoms with Crippen LogP contribution < -0.4 is 4.74 Å². The lowest BCUT2D eigenvalue weighted by molar-refractivity contribution is 0.198. The standard InChI is InChI=1S/C17H26N2O/c1-3-4-5-6-8-15-11-17(13-18-12-15)20-14-16-9-7-10-19(16)2/h6,8,11-13,16H,3-5,7,9-10,14H2,1-2H3/b8-6+/t16-/m0/s1. The van der Waals surface area contributed by atoms with Gasteiger partial charge in [0.1, 0.15) is 12.4 Å². The summed E-state index contributed by atoms with van der Waals surface area (Å²) in [5, 5.41) is 0. The van der Waals surface area contributed by atoms with Gasteiger partial charge in [-0.3, -0.25) is 4.98 Å². The zero-order chi connectivity index (χ0) is 14.2. The summed E-state index contributed by atoms with van der Waals surface area (Å²) in [5.41, 5.74) is 1.12. The highest BCUT2D eigenvalue weighted by atomic mass is 16.5. The van der Waals surface area contributed by atoms with Crippen molar-refractivity contribution in [1.82, 2.24) is 9.88 Å². The van der Waals surface area contributed by atoms with Crippen LogP contribution in [0.3, 0.4) is 0 Å². The van der Waals surface area contributed by atoms with Crippen LogP contribution >= 0.6 is 0 Å². The van der Waals surface area contributed by atoms with Crippen molar-refractivity contribution in [3.05, 3.63) is 30.1 Å². The van der Waals surface area contributed by atoms with E-state index in [0.717, 1.165) is 24.3 Å². The van der Waals surface area contributed by atoms with Crippen molar-refractivity contribution in [2.24, 2.45) is 0 Å². The molecule has 1 atom stereocenters. The fraction of sp³-hybridized carbons (Fsp3) is 0.588. The van der Waals surface area contributed by atoms with Gasteiger partial charge >= 0.3 is 0 Å². The lowest BCUT2D eigenvalue weighted by atomic mass is 10.2. The van der Waals surface area contributed by atoms with Crippen molar-refractivity contribution < 1.29 is 4.74 Å². The zero-order valence-electron chi connectivity index (χ0n) is 12.7. The minimum absolute atomic E-state index is 0.554. The molecule has 0 aliphatic carbocycles. The molecular weight excluding hydrogens is 248 g/mol. The molecule has 1 aliphatic rings. The monoisotopic (exact) mass is 274 g/mol. The SMILES string of the molecule is CCCC/C=C/c1cncc(OC[C@@H]2CCCN2C)c1. The van der Waals surface area contributed by atoms with Crippen LogP contribution in [-0.4, -0.2) is 36.1 Å². The van der Waals surface area contributed by atoms with E-state index in [1.54, 1.807) is 6.20 Å². The first-order valence-corrected chi connectivity index (χ1v) is 7.74. The van der Waals surface area contributed by atoms with Crippen LogP contribution in [0.2, 0.25) is 0 Å². The summed E-state index contributed by atoms with van der Waals surface area (Å²) in [6.45, 7) is 4.16. The fourth-order valence-corrected chi connectivity index (χ4v) is 2.53. The number of hydrogen-bond donors (Lipinski definition) is 0. The predicted octanol–water partition coefficient (Wildman–Crippen LogP) is 3.76. The molecule has 0 N–H and O–H groups in total. The van der Waals surface area contributed by atoms with Gasteiger partial charge in [0, 0.05) is 12.2 Å². The first-order valence-electron chi connectivity index (χ1n) is 7.74. The third kappa shape index (κ3) is 4.64. The molecule has 20 heavy (non-hydrogen) atoms. The number of nitrogens with zero attached hydrogens (tertiary/aromatic N) is 2. The van der Waals surface area contributed by atoms with Crippen molar-refractivity contribution in [3.63, 3.8) is 0 Å². The highest BCUT2D eigenvalue weighted by Gasteiger charge is 2.21. The Balaban J connectivity index is 1.84. The molecule has 0 bridgehead atoms. The smallest absolute Gasteiger partial charge is 0.138 e. The Labute approximate surface area is 122 Å². The number of ether oxygens (including phenoxy) is 1. The second-order valence-corrected chi connectivity index (χ2v) is 5.59. The molecule has 110 valence electrons. The first-order chi connectivity index (χ1) is 9.79. The number of hydrogen-bond acceptors (Lipinski definition) is 3. The minimum Gasteiger partial charge on any atom is -0.490 e. The van der Waals surface area contributed by atoms with Gasteiger partial charge in [0.25, 0.3) is 0 Å². The van der Waals surface area contributed by atoms with Gasteiger partial charge in [-0.15, -0.1) is 0 Å². The average Bonchev–Trinajstić information content (AvgIpc) is 2.87. The molecule has 1 aromatic rings. The molecule has 1 saturated heterocycles. The Morgan fingerprint density at radius 1 is 1.45 bits per heavy atom. The summed E-state index contributed by atoms with van der Waals surface area (Å²) in [7, 11) is 2.17. The summed E-state index contributed by atoms with van der Waals surface area (Å²) < 4.78 is 5.89. The van der Waals surface area contributed by atoms with Crippen molar-refractivity contribution in [2.45, 2.75) is 45.1 Å². The van der Waals surface area contributed by atoms with Crippen LogP contribution in [0.5, 0.6) is 5.75 Å². The minimum atomic E-state index is 0.554. The van der Waals surface area contributed by atoms with E-state index in [0.29, 0.717) is 6.04 Å². The average molecular weight is 274 g/mol. The number of unbranched alkanes of at least 4 members (excludes halogenated alkanes) is 2. The van der Waals surface area contributed by atoms with Gasteiger partial charge in [0.05, 0.1) is 6.20 Å². The molecule has 2 heterocycles. The predicted molar refractivity (Wildman–Crippen MR) is 83.9 cm³/mol. The van der Waals surface area contributed by atoms with E-state index >= 15 is 0 Å². The summed E-state index contributed by atoms with van der Waals surface area (Å²) in [6.07, 6.45) is 14.2. The van der Waals surface area contributed by atoms with Gasteiger partial charge in [-0.25, -0.2) is 0 Å². The van der Waals surface area contributed by atoms with E-state index in [1.807, 2.05) is 6.20 Å². The zero-order valence-corrected chi connectivity index (χ0v) is 12.7. The van der Waals surface area contributed by atoms with Crippen LogP contribution in [0.25, 0.3) is 6.08 Å². The summed E-state index contributed by atoms with van der Waals surface area (Å²) in [5.74, 6) is 0.878. The van der Waals surface area contributed by atoms with Gasteiger partial charge in [0.15, 0.2) is 0 Å². The molecule has 0 amide bonds. The Kier molecular flexibility index (Phi) is 6.06. The summed E-state index contributed by atoms with van der Waals surface area (Å²) in [4.78, 5) is 6.63. The molecular formula is C17H26N2O. The van der Waals surface area contributed by atoms with E-state index in [-0.39, 0.29) is 0 Å². The van der Waals surface area contributed by atoms with Gasteiger partial charge < -0.3 is 9.64 Å². The summed E-state index contributed by atoms with van der Waals surface area (Å²) in [6, 6.07) is 2.63. The van der Waals surface area contributed by atoms with E-state index < -0.39 is 0 Å². The van der Waals surface area contributed by atoms with Gasteiger partial charge in [-0.05, 0) is 44.5 Å². The third-order valence-corrected chi connectivity index (χ3v) is 3.88. The fourth-order valence-electron chi connectivity index (χ4n) is 2.53. The van der Waals surface area contributed by atoms with Gasteiger partial charge in [-0.2, -0.15) is 0 Å². The van der Waals surface area contributed by atoms with Crippen molar-refractivity contribution >= 4 is 6.08 Å². The second kappa shape index (κ2) is 8.05. The normalized spacial score (nSPS) is 19.8. The molecule has 0 spiro atoms. The number of allylic oxidation sites excluding steroid dienone is 1. The Bertz CT molecular complexity index is 431. The Hall–Kier alpha value is -1.35. The highest BCUT2D eigenvalue weighted by Crippen LogP contribution is 2.18. The number of rotatable bonds is 7. The maximum atomic E-state index is 5.89. The van der Waals surface area contributed by atoms with Crippen LogP contribution in [0.1, 0.15) is 44.6 Å². The molecule has 0 aromatic carbocycles. The summed E-state index contributed by atoms with van der Waals surface area (Å²) >= 11 is 0. The van der Waals surface area contributed by atoms with Crippen LogP contribution in [0.4, 0.5) is 0 Å². The van der Waals surface area contributed by atoms with E-state index in [2.05, 4.69) is 42.1 Å². The molecule has 1 fully saturated rings. The maximum absolute atomic E-state index is 5.89. The number of likely N-dealkylation sites (N-methyl/N-ethyl adjacent to an activating group) is 1. The van der Waals surface area contributed by atoms with Gasteiger partial charge in [0.2, 0.25) is 0 Å². The number of likely N-dealkylation sites (tertiary alicyclic amines) is 1. The Morgan fingerprint density at radius 3 is 3.10 bits per heavy atom. The quantitative estimate of drug-likeness (QED) is 0.708. The molecule has 0 radical (unpaired) electrons. The van der Waals surface area contributed by atoms with Crippen molar-refractivity contribution in [1.29, 1.82) is 0 Å². The molecule has 3 nitrogen and oxygen atoms in total. The van der Waals surface area contributed by atoms with E-state index in [4.69, 9.17) is 4.74 Å². The van der Waals surface area contributed by atoms with Crippen molar-refractivity contribution in [3.8, 4) is 5.75 Å². The topological polar surface area (TPSA) is 25.4 Å². The van der Waals surface area contributed by atoms with E-state index in [9.17, 15) is 0 Å². The first kappa shape index (κ1) is 15.0. The largest absolute Gasteiger partial charge is 0.490 e. The van der Waals surface area contributed by atoms with Crippen LogP contribution in [-0.2, 0) is 0 Å². The third-order valence-electron chi connectivity index (χ3n) is 3.88. The molecule has 0 unspecified atom stereocenters.